The van der Waals surface area contributed by atoms with Crippen molar-refractivity contribution in [3.63, 3.8) is 0 Å². The van der Waals surface area contributed by atoms with E-state index in [9.17, 15) is 9.59 Å². The van der Waals surface area contributed by atoms with E-state index >= 15 is 0 Å². The van der Waals surface area contributed by atoms with Crippen LogP contribution in [0.1, 0.15) is 13.3 Å². The van der Waals surface area contributed by atoms with E-state index in [1.54, 1.807) is 49.4 Å². The number of rotatable bonds is 7. The number of halogens is 1. The Balaban J connectivity index is 1.85. The van der Waals surface area contributed by atoms with Crippen LogP contribution in [0.5, 0.6) is 5.75 Å². The van der Waals surface area contributed by atoms with Gasteiger partial charge in [-0.15, -0.1) is 0 Å². The van der Waals surface area contributed by atoms with E-state index in [0.717, 1.165) is 11.4 Å². The van der Waals surface area contributed by atoms with Gasteiger partial charge < -0.3 is 20.7 Å². The van der Waals surface area contributed by atoms with Gasteiger partial charge >= 0.3 is 0 Å². The van der Waals surface area contributed by atoms with E-state index in [1.807, 2.05) is 0 Å². The van der Waals surface area contributed by atoms with Gasteiger partial charge in [0.2, 0.25) is 11.8 Å². The molecule has 0 spiro atoms. The van der Waals surface area contributed by atoms with Crippen LogP contribution >= 0.6 is 11.6 Å². The number of hydrogen-bond acceptors (Lipinski definition) is 4. The smallest absolute Gasteiger partial charge is 0.243 e. The molecular weight excluding hydrogens is 342 g/mol. The Labute approximate surface area is 151 Å². The van der Waals surface area contributed by atoms with Crippen LogP contribution in [0.15, 0.2) is 42.5 Å². The van der Waals surface area contributed by atoms with Crippen molar-refractivity contribution in [3.8, 4) is 5.75 Å². The summed E-state index contributed by atoms with van der Waals surface area (Å²) in [6.45, 7) is 1.89. The molecule has 0 heterocycles. The van der Waals surface area contributed by atoms with Gasteiger partial charge in [0, 0.05) is 23.5 Å². The molecular formula is C18H20ClN3O3. The second kappa shape index (κ2) is 8.94. The molecule has 0 aromatic heterocycles. The molecule has 0 radical (unpaired) electrons. The summed E-state index contributed by atoms with van der Waals surface area (Å²) < 4.78 is 5.07. The van der Waals surface area contributed by atoms with E-state index in [2.05, 4.69) is 16.0 Å². The van der Waals surface area contributed by atoms with E-state index in [-0.39, 0.29) is 18.4 Å². The van der Waals surface area contributed by atoms with E-state index in [0.29, 0.717) is 22.9 Å². The van der Waals surface area contributed by atoms with Crippen LogP contribution in [-0.2, 0) is 9.59 Å². The fourth-order valence-electron chi connectivity index (χ4n) is 2.05. The zero-order valence-electron chi connectivity index (χ0n) is 14.1. The first-order valence-electron chi connectivity index (χ1n) is 7.79. The average Bonchev–Trinajstić information content (AvgIpc) is 2.61. The summed E-state index contributed by atoms with van der Waals surface area (Å²) >= 11 is 6.03. The van der Waals surface area contributed by atoms with Crippen molar-refractivity contribution in [1.29, 1.82) is 0 Å². The Bertz CT molecular complexity index is 748. The third-order valence-corrected chi connectivity index (χ3v) is 3.67. The fraction of sp³-hybridized carbons (Fsp3) is 0.222. The highest BCUT2D eigenvalue weighted by Gasteiger charge is 2.06. The van der Waals surface area contributed by atoms with Crippen LogP contribution in [0.3, 0.4) is 0 Å². The number of ether oxygens (including phenoxy) is 1. The van der Waals surface area contributed by atoms with Gasteiger partial charge in [-0.1, -0.05) is 18.5 Å². The lowest BCUT2D eigenvalue weighted by molar-refractivity contribution is -0.116. The molecule has 2 rings (SSSR count). The lowest BCUT2D eigenvalue weighted by atomic mass is 10.2. The number of benzene rings is 2. The summed E-state index contributed by atoms with van der Waals surface area (Å²) in [5.41, 5.74) is 2.09. The number of nitrogens with one attached hydrogen (secondary N) is 3. The lowest BCUT2D eigenvalue weighted by Gasteiger charge is -2.10. The Morgan fingerprint density at radius 2 is 1.56 bits per heavy atom. The number of anilines is 3. The molecule has 0 aliphatic heterocycles. The van der Waals surface area contributed by atoms with Gasteiger partial charge in [-0.3, -0.25) is 9.59 Å². The highest BCUT2D eigenvalue weighted by molar-refractivity contribution is 6.32. The highest BCUT2D eigenvalue weighted by Crippen LogP contribution is 2.27. The Morgan fingerprint density at radius 3 is 2.16 bits per heavy atom. The van der Waals surface area contributed by atoms with Crippen molar-refractivity contribution in [2.45, 2.75) is 13.3 Å². The standard InChI is InChI=1S/C18H20ClN3O3/c1-3-17(23)21-13-6-4-12(5-7-13)20-11-18(24)22-14-8-9-16(25-2)15(19)10-14/h4-10,20H,3,11H2,1-2H3,(H,21,23)(H,22,24). The van der Waals surface area contributed by atoms with Gasteiger partial charge in [0.25, 0.3) is 0 Å². The van der Waals surface area contributed by atoms with Gasteiger partial charge in [0.05, 0.1) is 18.7 Å². The van der Waals surface area contributed by atoms with Crippen LogP contribution in [0, 0.1) is 0 Å². The molecule has 0 fully saturated rings. The van der Waals surface area contributed by atoms with Crippen molar-refractivity contribution in [2.75, 3.05) is 29.6 Å². The largest absolute Gasteiger partial charge is 0.495 e. The topological polar surface area (TPSA) is 79.5 Å². The summed E-state index contributed by atoms with van der Waals surface area (Å²) in [6, 6.07) is 12.2. The Morgan fingerprint density at radius 1 is 0.960 bits per heavy atom. The first-order chi connectivity index (χ1) is 12.0. The van der Waals surface area contributed by atoms with Crippen molar-refractivity contribution in [1.82, 2.24) is 0 Å². The van der Waals surface area contributed by atoms with Gasteiger partial charge in [-0.05, 0) is 42.5 Å². The number of carbonyl (C=O) groups is 2. The monoisotopic (exact) mass is 361 g/mol. The number of carbonyl (C=O) groups excluding carboxylic acids is 2. The average molecular weight is 362 g/mol. The predicted molar refractivity (Wildman–Crippen MR) is 100 cm³/mol. The predicted octanol–water partition coefficient (Wildman–Crippen LogP) is 3.75. The lowest BCUT2D eigenvalue weighted by Crippen LogP contribution is -2.21. The SMILES string of the molecule is CCC(=O)Nc1ccc(NCC(=O)Nc2ccc(OC)c(Cl)c2)cc1. The molecule has 6 nitrogen and oxygen atoms in total. The number of methoxy groups -OCH3 is 1. The zero-order chi connectivity index (χ0) is 18.2. The van der Waals surface area contributed by atoms with Crippen molar-refractivity contribution < 1.29 is 14.3 Å². The summed E-state index contributed by atoms with van der Waals surface area (Å²) in [5, 5.41) is 8.96. The van der Waals surface area contributed by atoms with Gasteiger partial charge in [0.15, 0.2) is 0 Å². The Hall–Kier alpha value is -2.73. The highest BCUT2D eigenvalue weighted by atomic mass is 35.5. The molecule has 0 aliphatic rings. The number of hydrogen-bond donors (Lipinski definition) is 3. The molecule has 2 aromatic rings. The second-order valence-electron chi connectivity index (χ2n) is 5.23. The molecule has 7 heteroatoms. The molecule has 0 aliphatic carbocycles. The van der Waals surface area contributed by atoms with Crippen LogP contribution in [0.2, 0.25) is 5.02 Å². The quantitative estimate of drug-likeness (QED) is 0.701. The van der Waals surface area contributed by atoms with Crippen molar-refractivity contribution in [2.24, 2.45) is 0 Å². The van der Waals surface area contributed by atoms with E-state index < -0.39 is 0 Å². The maximum absolute atomic E-state index is 12.0. The molecule has 2 aromatic carbocycles. The second-order valence-corrected chi connectivity index (χ2v) is 5.64. The molecule has 0 saturated heterocycles. The minimum absolute atomic E-state index is 0.0433. The van der Waals surface area contributed by atoms with Gasteiger partial charge in [-0.25, -0.2) is 0 Å². The number of amides is 2. The first-order valence-corrected chi connectivity index (χ1v) is 8.16. The summed E-state index contributed by atoms with van der Waals surface area (Å²) in [6.07, 6.45) is 0.426. The molecule has 0 unspecified atom stereocenters. The van der Waals surface area contributed by atoms with Crippen LogP contribution in [-0.4, -0.2) is 25.5 Å². The van der Waals surface area contributed by atoms with Crippen LogP contribution < -0.4 is 20.7 Å². The van der Waals surface area contributed by atoms with Crippen LogP contribution in [0.25, 0.3) is 0 Å². The van der Waals surface area contributed by atoms with E-state index in [4.69, 9.17) is 16.3 Å². The maximum atomic E-state index is 12.0. The Kier molecular flexibility index (Phi) is 6.65. The summed E-state index contributed by atoms with van der Waals surface area (Å²) in [7, 11) is 1.53. The molecule has 3 N–H and O–H groups in total. The molecule has 0 saturated carbocycles. The molecule has 132 valence electrons. The first kappa shape index (κ1) is 18.6. The molecule has 2 amide bonds. The minimum Gasteiger partial charge on any atom is -0.495 e. The summed E-state index contributed by atoms with van der Waals surface area (Å²) in [4.78, 5) is 23.3. The third kappa shape index (κ3) is 5.69. The zero-order valence-corrected chi connectivity index (χ0v) is 14.8. The molecule has 0 atom stereocenters. The third-order valence-electron chi connectivity index (χ3n) is 3.38. The van der Waals surface area contributed by atoms with Crippen molar-refractivity contribution in [3.05, 3.63) is 47.5 Å². The maximum Gasteiger partial charge on any atom is 0.243 e. The normalized spacial score (nSPS) is 10.0. The molecule has 0 bridgehead atoms. The summed E-state index contributed by atoms with van der Waals surface area (Å²) in [5.74, 6) is 0.302. The molecule has 25 heavy (non-hydrogen) atoms. The minimum atomic E-state index is -0.204. The van der Waals surface area contributed by atoms with Crippen molar-refractivity contribution >= 4 is 40.5 Å². The van der Waals surface area contributed by atoms with Gasteiger partial charge in [-0.2, -0.15) is 0 Å². The van der Waals surface area contributed by atoms with Crippen LogP contribution in [0.4, 0.5) is 17.1 Å². The fourth-order valence-corrected chi connectivity index (χ4v) is 2.31. The van der Waals surface area contributed by atoms with Gasteiger partial charge in [0.1, 0.15) is 5.75 Å². The van der Waals surface area contributed by atoms with E-state index in [1.165, 1.54) is 7.11 Å².